The topological polar surface area (TPSA) is 117 Å². The zero-order valence-electron chi connectivity index (χ0n) is 24.3. The number of nitrogens with zero attached hydrogens (tertiary/aromatic N) is 1. The van der Waals surface area contributed by atoms with Gasteiger partial charge in [0, 0.05) is 38.2 Å². The lowest BCUT2D eigenvalue weighted by Crippen LogP contribution is -2.52. The van der Waals surface area contributed by atoms with Crippen LogP contribution >= 0.6 is 0 Å². The van der Waals surface area contributed by atoms with E-state index in [0.29, 0.717) is 62.1 Å². The number of carbonyl (C=O) groups is 2. The molecule has 2 atom stereocenters. The number of amides is 3. The number of benzene rings is 2. The average Bonchev–Trinajstić information content (AvgIpc) is 2.97. The predicted molar refractivity (Wildman–Crippen MR) is 155 cm³/mol. The first-order chi connectivity index (χ1) is 19.0. The molecule has 2 aromatic carbocycles. The minimum absolute atomic E-state index is 0.100. The van der Waals surface area contributed by atoms with E-state index >= 15 is 4.39 Å². The summed E-state index contributed by atoms with van der Waals surface area (Å²) in [5.74, 6) is -0.773. The Bertz CT molecular complexity index is 1160. The first-order valence-electron chi connectivity index (χ1n) is 14.2. The van der Waals surface area contributed by atoms with Gasteiger partial charge >= 0.3 is 12.1 Å². The number of rotatable bonds is 11. The summed E-state index contributed by atoms with van der Waals surface area (Å²) >= 11 is 0. The van der Waals surface area contributed by atoms with Crippen molar-refractivity contribution in [1.29, 1.82) is 0 Å². The van der Waals surface area contributed by atoms with Gasteiger partial charge in [-0.3, -0.25) is 0 Å². The molecule has 2 unspecified atom stereocenters. The van der Waals surface area contributed by atoms with Gasteiger partial charge in [0.1, 0.15) is 5.82 Å². The molecule has 8 nitrogen and oxygen atoms in total. The zero-order chi connectivity index (χ0) is 29.3. The number of halogens is 1. The maximum Gasteiger partial charge on any atom is 0.406 e. The summed E-state index contributed by atoms with van der Waals surface area (Å²) in [5.41, 5.74) is 6.73. The van der Waals surface area contributed by atoms with Crippen molar-refractivity contribution >= 4 is 12.1 Å². The Hall–Kier alpha value is -3.17. The minimum Gasteiger partial charge on any atom is -0.450 e. The van der Waals surface area contributed by atoms with E-state index < -0.39 is 17.5 Å². The fourth-order valence-electron chi connectivity index (χ4n) is 5.31. The number of alkyl carbamates (subject to hydrolysis) is 1. The third-order valence-corrected chi connectivity index (χ3v) is 7.90. The number of hydrogen-bond donors (Lipinski definition) is 4. The normalized spacial score (nSPS) is 17.2. The average molecular weight is 557 g/mol. The van der Waals surface area contributed by atoms with Crippen LogP contribution < -0.4 is 16.4 Å². The molecule has 3 amide bonds. The molecule has 40 heavy (non-hydrogen) atoms. The first-order valence-corrected chi connectivity index (χ1v) is 14.2. The van der Waals surface area contributed by atoms with Gasteiger partial charge in [-0.15, -0.1) is 0 Å². The highest BCUT2D eigenvalue weighted by atomic mass is 19.1. The van der Waals surface area contributed by atoms with Crippen molar-refractivity contribution in [3.63, 3.8) is 0 Å². The predicted octanol–water partition coefficient (Wildman–Crippen LogP) is 4.79. The molecule has 1 heterocycles. The number of aliphatic hydroxyl groups is 1. The molecular weight excluding hydrogens is 511 g/mol. The van der Waals surface area contributed by atoms with Crippen molar-refractivity contribution in [2.24, 2.45) is 17.1 Å². The van der Waals surface area contributed by atoms with Crippen molar-refractivity contribution in [2.75, 3.05) is 39.8 Å². The van der Waals surface area contributed by atoms with Gasteiger partial charge in [0.05, 0.1) is 12.2 Å². The quantitative estimate of drug-likeness (QED) is 0.297. The minimum atomic E-state index is -1.47. The molecule has 0 saturated carbocycles. The highest BCUT2D eigenvalue weighted by Crippen LogP contribution is 2.44. The van der Waals surface area contributed by atoms with Crippen LogP contribution in [-0.2, 0) is 16.8 Å². The summed E-state index contributed by atoms with van der Waals surface area (Å²) < 4.78 is 20.8. The molecule has 9 heteroatoms. The Morgan fingerprint density at radius 2 is 1.98 bits per heavy atom. The largest absolute Gasteiger partial charge is 0.450 e. The van der Waals surface area contributed by atoms with Crippen LogP contribution in [-0.4, -0.2) is 62.0 Å². The highest BCUT2D eigenvalue weighted by Gasteiger charge is 2.43. The van der Waals surface area contributed by atoms with Crippen LogP contribution in [0.15, 0.2) is 42.5 Å². The second kappa shape index (κ2) is 13.9. The Labute approximate surface area is 237 Å². The Morgan fingerprint density at radius 3 is 2.67 bits per heavy atom. The molecule has 0 aromatic heterocycles. The lowest BCUT2D eigenvalue weighted by atomic mass is 9.72. The fourth-order valence-corrected chi connectivity index (χ4v) is 5.31. The SMILES string of the molecule is CCc1cccc(-c2c(F)cccc2C(O)(CCCOC(=O)NC)C2CCCN(C(=O)NCC(C)(C)CN)C2)c1. The first kappa shape index (κ1) is 31.4. The third-order valence-electron chi connectivity index (χ3n) is 7.90. The van der Waals surface area contributed by atoms with Gasteiger partial charge in [-0.2, -0.15) is 0 Å². The molecule has 1 aliphatic heterocycles. The van der Waals surface area contributed by atoms with Crippen LogP contribution in [0.2, 0.25) is 0 Å². The maximum absolute atomic E-state index is 15.6. The summed E-state index contributed by atoms with van der Waals surface area (Å²) in [6.45, 7) is 7.88. The van der Waals surface area contributed by atoms with Crippen LogP contribution in [0.4, 0.5) is 14.0 Å². The molecule has 1 fully saturated rings. The van der Waals surface area contributed by atoms with Crippen molar-refractivity contribution in [1.82, 2.24) is 15.5 Å². The summed E-state index contributed by atoms with van der Waals surface area (Å²) in [7, 11) is 1.48. The number of carbonyl (C=O) groups excluding carboxylic acids is 2. The van der Waals surface area contributed by atoms with Gasteiger partial charge in [0.15, 0.2) is 0 Å². The Balaban J connectivity index is 1.97. The van der Waals surface area contributed by atoms with Crippen LogP contribution in [0.25, 0.3) is 11.1 Å². The molecule has 1 saturated heterocycles. The van der Waals surface area contributed by atoms with E-state index in [9.17, 15) is 14.7 Å². The molecule has 0 spiro atoms. The monoisotopic (exact) mass is 556 g/mol. The molecule has 2 aromatic rings. The molecule has 0 radical (unpaired) electrons. The molecule has 0 bridgehead atoms. The van der Waals surface area contributed by atoms with Crippen molar-refractivity contribution in [3.8, 4) is 11.1 Å². The molecule has 220 valence electrons. The number of urea groups is 1. The lowest BCUT2D eigenvalue weighted by Gasteiger charge is -2.43. The van der Waals surface area contributed by atoms with Gasteiger partial charge in [-0.1, -0.05) is 57.2 Å². The number of aryl methyl sites for hydroxylation is 1. The van der Waals surface area contributed by atoms with Gasteiger partial charge in [0.25, 0.3) is 0 Å². The summed E-state index contributed by atoms with van der Waals surface area (Å²) in [4.78, 5) is 26.5. The zero-order valence-corrected chi connectivity index (χ0v) is 24.3. The van der Waals surface area contributed by atoms with E-state index in [-0.39, 0.29) is 30.4 Å². The molecule has 0 aliphatic carbocycles. The van der Waals surface area contributed by atoms with Crippen LogP contribution in [0, 0.1) is 17.2 Å². The third kappa shape index (κ3) is 7.73. The fraction of sp³-hybridized carbons (Fsp3) is 0.548. The summed E-state index contributed by atoms with van der Waals surface area (Å²) in [5, 5.41) is 17.9. The van der Waals surface area contributed by atoms with Crippen molar-refractivity contribution in [3.05, 3.63) is 59.4 Å². The Kier molecular flexibility index (Phi) is 10.9. The molecular formula is C31H45FN4O4. The highest BCUT2D eigenvalue weighted by molar-refractivity contribution is 5.74. The number of nitrogens with one attached hydrogen (secondary N) is 2. The summed E-state index contributed by atoms with van der Waals surface area (Å²) in [6, 6.07) is 12.3. The van der Waals surface area contributed by atoms with Gasteiger partial charge < -0.3 is 31.1 Å². The van der Waals surface area contributed by atoms with E-state index in [4.69, 9.17) is 10.5 Å². The number of piperidine rings is 1. The number of nitrogens with two attached hydrogens (primary N) is 1. The number of ether oxygens (including phenoxy) is 1. The van der Waals surface area contributed by atoms with Crippen molar-refractivity contribution < 1.29 is 23.8 Å². The lowest BCUT2D eigenvalue weighted by molar-refractivity contribution is -0.0575. The second-order valence-corrected chi connectivity index (χ2v) is 11.4. The van der Waals surface area contributed by atoms with Crippen LogP contribution in [0.3, 0.4) is 0 Å². The second-order valence-electron chi connectivity index (χ2n) is 11.4. The van der Waals surface area contributed by atoms with Crippen LogP contribution in [0.1, 0.15) is 57.6 Å². The van der Waals surface area contributed by atoms with E-state index in [0.717, 1.165) is 12.0 Å². The van der Waals surface area contributed by atoms with Crippen molar-refractivity contribution in [2.45, 2.75) is 58.5 Å². The van der Waals surface area contributed by atoms with E-state index in [2.05, 4.69) is 10.6 Å². The number of likely N-dealkylation sites (tertiary alicyclic amines) is 1. The van der Waals surface area contributed by atoms with E-state index in [1.807, 2.05) is 45.0 Å². The molecule has 1 aliphatic rings. The molecule has 3 rings (SSSR count). The van der Waals surface area contributed by atoms with Crippen LogP contribution in [0.5, 0.6) is 0 Å². The standard InChI is InChI=1S/C31H45FN4O4/c1-5-22-10-6-11-23(18-22)27-25(13-7-14-26(27)32)31(39,15-9-17-40-29(38)34-4)24-12-8-16-36(19-24)28(37)35-21-30(2,3)20-33/h6-7,10-11,13-14,18,24,39H,5,8-9,12,15-17,19-21,33H2,1-4H3,(H,34,38)(H,35,37). The van der Waals surface area contributed by atoms with E-state index in [1.165, 1.54) is 13.1 Å². The van der Waals surface area contributed by atoms with E-state index in [1.54, 1.807) is 17.0 Å². The molecule has 5 N–H and O–H groups in total. The van der Waals surface area contributed by atoms with Gasteiger partial charge in [-0.05, 0) is 66.8 Å². The Morgan fingerprint density at radius 1 is 1.23 bits per heavy atom. The maximum atomic E-state index is 15.6. The smallest absolute Gasteiger partial charge is 0.406 e. The summed E-state index contributed by atoms with van der Waals surface area (Å²) in [6.07, 6.45) is 2.21. The van der Waals surface area contributed by atoms with Gasteiger partial charge in [0.2, 0.25) is 0 Å². The number of hydrogen-bond acceptors (Lipinski definition) is 5. The van der Waals surface area contributed by atoms with Gasteiger partial charge in [-0.25, -0.2) is 14.0 Å².